The monoisotopic (exact) mass is 280 g/mol. The van der Waals surface area contributed by atoms with Crippen LogP contribution in [0.1, 0.15) is 35.1 Å². The van der Waals surface area contributed by atoms with Crippen LogP contribution < -0.4 is 5.32 Å². The standard InChI is InChI=1S/C17H16N2O2/c1-11-7-8-13(10-18-11)14-9-15(20)19-17(21)16(14)12-5-3-2-4-6-12/h2-8,10,14,16H,9H2,1H3,(H,19,20,21). The van der Waals surface area contributed by atoms with E-state index in [-0.39, 0.29) is 23.7 Å². The Kier molecular flexibility index (Phi) is 3.52. The summed E-state index contributed by atoms with van der Waals surface area (Å²) in [6.07, 6.45) is 2.07. The Morgan fingerprint density at radius 1 is 1.05 bits per heavy atom. The molecule has 1 N–H and O–H groups in total. The van der Waals surface area contributed by atoms with Gasteiger partial charge in [0.1, 0.15) is 0 Å². The summed E-state index contributed by atoms with van der Waals surface area (Å²) >= 11 is 0. The van der Waals surface area contributed by atoms with Crippen LogP contribution in [0.15, 0.2) is 48.7 Å². The number of nitrogens with one attached hydrogen (secondary N) is 1. The van der Waals surface area contributed by atoms with Crippen molar-refractivity contribution >= 4 is 11.8 Å². The highest BCUT2D eigenvalue weighted by Crippen LogP contribution is 2.38. The van der Waals surface area contributed by atoms with E-state index in [1.54, 1.807) is 6.20 Å². The highest BCUT2D eigenvalue weighted by Gasteiger charge is 2.37. The quantitative estimate of drug-likeness (QED) is 0.859. The Labute approximate surface area is 123 Å². The number of aryl methyl sites for hydroxylation is 1. The van der Waals surface area contributed by atoms with Gasteiger partial charge in [0.25, 0.3) is 0 Å². The number of carbonyl (C=O) groups excluding carboxylic acids is 2. The maximum Gasteiger partial charge on any atom is 0.234 e. The predicted molar refractivity (Wildman–Crippen MR) is 78.7 cm³/mol. The number of pyridine rings is 1. The molecule has 2 atom stereocenters. The number of nitrogens with zero attached hydrogens (tertiary/aromatic N) is 1. The molecular formula is C17H16N2O2. The van der Waals surface area contributed by atoms with E-state index in [0.717, 1.165) is 16.8 Å². The topological polar surface area (TPSA) is 59.1 Å². The first kappa shape index (κ1) is 13.5. The fourth-order valence-electron chi connectivity index (χ4n) is 2.82. The van der Waals surface area contributed by atoms with Crippen molar-refractivity contribution in [1.82, 2.24) is 10.3 Å². The number of aromatic nitrogens is 1. The Morgan fingerprint density at radius 3 is 2.48 bits per heavy atom. The first-order valence-corrected chi connectivity index (χ1v) is 6.96. The molecule has 0 bridgehead atoms. The summed E-state index contributed by atoms with van der Waals surface area (Å²) < 4.78 is 0. The van der Waals surface area contributed by atoms with Gasteiger partial charge in [-0.3, -0.25) is 19.9 Å². The van der Waals surface area contributed by atoms with Gasteiger partial charge in [0.15, 0.2) is 0 Å². The van der Waals surface area contributed by atoms with Gasteiger partial charge in [0.05, 0.1) is 5.92 Å². The second kappa shape index (κ2) is 5.48. The van der Waals surface area contributed by atoms with Gasteiger partial charge >= 0.3 is 0 Å². The summed E-state index contributed by atoms with van der Waals surface area (Å²) in [5.74, 6) is -0.976. The zero-order chi connectivity index (χ0) is 14.8. The minimum Gasteiger partial charge on any atom is -0.296 e. The largest absolute Gasteiger partial charge is 0.296 e. The number of rotatable bonds is 2. The summed E-state index contributed by atoms with van der Waals surface area (Å²) in [6, 6.07) is 13.4. The molecule has 1 aliphatic rings. The van der Waals surface area contributed by atoms with E-state index in [1.807, 2.05) is 49.4 Å². The van der Waals surface area contributed by atoms with Gasteiger partial charge < -0.3 is 0 Å². The molecule has 3 rings (SSSR count). The number of hydrogen-bond acceptors (Lipinski definition) is 3. The van der Waals surface area contributed by atoms with Crippen LogP contribution in [0.3, 0.4) is 0 Å². The average molecular weight is 280 g/mol. The van der Waals surface area contributed by atoms with Gasteiger partial charge in [0, 0.05) is 24.2 Å². The third-order valence-electron chi connectivity index (χ3n) is 3.87. The van der Waals surface area contributed by atoms with Crippen LogP contribution in [0.5, 0.6) is 0 Å². The van der Waals surface area contributed by atoms with Gasteiger partial charge in [-0.15, -0.1) is 0 Å². The predicted octanol–water partition coefficient (Wildman–Crippen LogP) is 2.30. The van der Waals surface area contributed by atoms with Crippen LogP contribution in [-0.4, -0.2) is 16.8 Å². The SMILES string of the molecule is Cc1ccc(C2CC(=O)NC(=O)C2c2ccccc2)cn1. The zero-order valence-corrected chi connectivity index (χ0v) is 11.7. The van der Waals surface area contributed by atoms with Crippen LogP contribution in [-0.2, 0) is 9.59 Å². The van der Waals surface area contributed by atoms with Gasteiger partial charge in [-0.25, -0.2) is 0 Å². The van der Waals surface area contributed by atoms with Crippen LogP contribution in [0, 0.1) is 6.92 Å². The fraction of sp³-hybridized carbons (Fsp3) is 0.235. The molecule has 2 heterocycles. The van der Waals surface area contributed by atoms with E-state index < -0.39 is 0 Å². The number of benzene rings is 1. The molecule has 1 aliphatic heterocycles. The summed E-state index contributed by atoms with van der Waals surface area (Å²) in [5, 5.41) is 2.44. The molecule has 2 amide bonds. The van der Waals surface area contributed by atoms with Crippen molar-refractivity contribution in [3.8, 4) is 0 Å². The van der Waals surface area contributed by atoms with E-state index in [2.05, 4.69) is 10.3 Å². The molecule has 106 valence electrons. The van der Waals surface area contributed by atoms with Crippen LogP contribution in [0.25, 0.3) is 0 Å². The Bertz CT molecular complexity index is 665. The smallest absolute Gasteiger partial charge is 0.234 e. The number of piperidine rings is 1. The minimum absolute atomic E-state index is 0.165. The molecule has 2 aromatic rings. The zero-order valence-electron chi connectivity index (χ0n) is 11.7. The molecule has 2 unspecified atom stereocenters. The molecule has 4 nitrogen and oxygen atoms in total. The Balaban J connectivity index is 2.03. The lowest BCUT2D eigenvalue weighted by atomic mass is 9.77. The van der Waals surface area contributed by atoms with Crippen molar-refractivity contribution in [3.63, 3.8) is 0 Å². The molecule has 0 saturated carbocycles. The molecule has 21 heavy (non-hydrogen) atoms. The molecule has 0 spiro atoms. The van der Waals surface area contributed by atoms with Crippen LogP contribution in [0.4, 0.5) is 0 Å². The summed E-state index contributed by atoms with van der Waals surface area (Å²) in [4.78, 5) is 28.3. The molecule has 1 saturated heterocycles. The molecule has 1 fully saturated rings. The highest BCUT2D eigenvalue weighted by atomic mass is 16.2. The maximum atomic E-state index is 12.3. The van der Waals surface area contributed by atoms with E-state index in [1.165, 1.54) is 0 Å². The van der Waals surface area contributed by atoms with E-state index in [0.29, 0.717) is 6.42 Å². The number of imide groups is 1. The van der Waals surface area contributed by atoms with E-state index in [9.17, 15) is 9.59 Å². The summed E-state index contributed by atoms with van der Waals surface area (Å²) in [5.41, 5.74) is 2.77. The Morgan fingerprint density at radius 2 is 1.81 bits per heavy atom. The second-order valence-electron chi connectivity index (χ2n) is 5.34. The molecule has 0 aliphatic carbocycles. The first-order chi connectivity index (χ1) is 10.1. The lowest BCUT2D eigenvalue weighted by molar-refractivity contribution is -0.135. The molecule has 0 radical (unpaired) electrons. The molecular weight excluding hydrogens is 264 g/mol. The van der Waals surface area contributed by atoms with Crippen LogP contribution >= 0.6 is 0 Å². The van der Waals surface area contributed by atoms with Crippen molar-refractivity contribution in [1.29, 1.82) is 0 Å². The van der Waals surface area contributed by atoms with Gasteiger partial charge in [-0.1, -0.05) is 36.4 Å². The van der Waals surface area contributed by atoms with Crippen molar-refractivity contribution in [2.75, 3.05) is 0 Å². The third-order valence-corrected chi connectivity index (χ3v) is 3.87. The molecule has 4 heteroatoms. The van der Waals surface area contributed by atoms with Crippen molar-refractivity contribution < 1.29 is 9.59 Å². The van der Waals surface area contributed by atoms with Crippen LogP contribution in [0.2, 0.25) is 0 Å². The average Bonchev–Trinajstić information content (AvgIpc) is 2.48. The van der Waals surface area contributed by atoms with E-state index >= 15 is 0 Å². The first-order valence-electron chi connectivity index (χ1n) is 6.96. The fourth-order valence-corrected chi connectivity index (χ4v) is 2.82. The van der Waals surface area contributed by atoms with Gasteiger partial charge in [-0.05, 0) is 24.1 Å². The Hall–Kier alpha value is -2.49. The lowest BCUT2D eigenvalue weighted by Crippen LogP contribution is -2.43. The minimum atomic E-state index is -0.353. The normalized spacial score (nSPS) is 22.0. The molecule has 1 aromatic heterocycles. The maximum absolute atomic E-state index is 12.3. The van der Waals surface area contributed by atoms with Gasteiger partial charge in [-0.2, -0.15) is 0 Å². The number of amides is 2. The lowest BCUT2D eigenvalue weighted by Gasteiger charge is -2.30. The summed E-state index contributed by atoms with van der Waals surface area (Å²) in [6.45, 7) is 1.91. The summed E-state index contributed by atoms with van der Waals surface area (Å²) in [7, 11) is 0. The second-order valence-corrected chi connectivity index (χ2v) is 5.34. The van der Waals surface area contributed by atoms with E-state index in [4.69, 9.17) is 0 Å². The van der Waals surface area contributed by atoms with Crippen molar-refractivity contribution in [2.45, 2.75) is 25.2 Å². The highest BCUT2D eigenvalue weighted by molar-refractivity contribution is 6.02. The third kappa shape index (κ3) is 2.70. The molecule has 1 aromatic carbocycles. The number of carbonyl (C=O) groups is 2. The number of hydrogen-bond donors (Lipinski definition) is 1. The van der Waals surface area contributed by atoms with Crippen molar-refractivity contribution in [3.05, 3.63) is 65.5 Å². The van der Waals surface area contributed by atoms with Gasteiger partial charge in [0.2, 0.25) is 11.8 Å². The van der Waals surface area contributed by atoms with Crippen molar-refractivity contribution in [2.24, 2.45) is 0 Å².